The highest BCUT2D eigenvalue weighted by molar-refractivity contribution is 5.87. The molecule has 1 amide bonds. The molecule has 3 rings (SSSR count). The Labute approximate surface area is 144 Å². The predicted octanol–water partition coefficient (Wildman–Crippen LogP) is 4.48. The molecular formula is C19H21F3N2O. The van der Waals surface area contributed by atoms with Gasteiger partial charge in [0.15, 0.2) is 6.04 Å². The summed E-state index contributed by atoms with van der Waals surface area (Å²) in [6, 6.07) is 8.66. The van der Waals surface area contributed by atoms with E-state index in [1.165, 1.54) is 6.07 Å². The van der Waals surface area contributed by atoms with Gasteiger partial charge in [0.1, 0.15) is 0 Å². The van der Waals surface area contributed by atoms with E-state index in [0.717, 1.165) is 16.0 Å². The van der Waals surface area contributed by atoms with E-state index in [1.54, 1.807) is 12.1 Å². The van der Waals surface area contributed by atoms with E-state index >= 15 is 0 Å². The van der Waals surface area contributed by atoms with Crippen LogP contribution in [-0.4, -0.2) is 23.6 Å². The van der Waals surface area contributed by atoms with Gasteiger partial charge in [0.25, 0.3) is 0 Å². The molecule has 2 aromatic rings. The third-order valence-corrected chi connectivity index (χ3v) is 4.54. The molecule has 1 fully saturated rings. The summed E-state index contributed by atoms with van der Waals surface area (Å²) in [7, 11) is 0. The molecule has 0 aromatic heterocycles. The molecule has 3 nitrogen and oxygen atoms in total. The van der Waals surface area contributed by atoms with Crippen LogP contribution in [-0.2, 0) is 10.2 Å². The number of nitrogens with one attached hydrogen (secondary N) is 1. The van der Waals surface area contributed by atoms with Crippen LogP contribution in [0.4, 0.5) is 13.2 Å². The summed E-state index contributed by atoms with van der Waals surface area (Å²) in [5, 5.41) is 2.32. The average molecular weight is 350 g/mol. The molecule has 1 atom stereocenters. The predicted molar refractivity (Wildman–Crippen MR) is 90.9 cm³/mol. The van der Waals surface area contributed by atoms with Gasteiger partial charge in [-0.3, -0.25) is 10.2 Å². The van der Waals surface area contributed by atoms with Crippen molar-refractivity contribution >= 4 is 16.7 Å². The molecule has 0 spiro atoms. The maximum Gasteiger partial charge on any atom is 0.409 e. The number of carbonyl (C=O) groups is 1. The fourth-order valence-electron chi connectivity index (χ4n) is 3.22. The summed E-state index contributed by atoms with van der Waals surface area (Å²) in [5.74, 6) is -0.385. The van der Waals surface area contributed by atoms with Crippen LogP contribution >= 0.6 is 0 Å². The summed E-state index contributed by atoms with van der Waals surface area (Å²) in [4.78, 5) is 11.4. The molecular weight excluding hydrogens is 329 g/mol. The van der Waals surface area contributed by atoms with Gasteiger partial charge in [0.2, 0.25) is 5.91 Å². The standard InChI is InChI=1S/C19H21F3N2O/c1-18(2,3)13-7-8-14-12(11-13)5-4-6-15(14)17(19(20,21)22)24-10-9-16(25)23-24/h4-8,11,17H,9-10H2,1-3H3,(H,23,25)/t17-/m0/s1. The Hall–Kier alpha value is -2.08. The van der Waals surface area contributed by atoms with Crippen LogP contribution in [0.2, 0.25) is 0 Å². The lowest BCUT2D eigenvalue weighted by Crippen LogP contribution is -2.43. The highest BCUT2D eigenvalue weighted by Crippen LogP contribution is 2.41. The number of rotatable bonds is 2. The van der Waals surface area contributed by atoms with E-state index in [9.17, 15) is 18.0 Å². The second-order valence-electron chi connectivity index (χ2n) is 7.46. The normalized spacial score (nSPS) is 17.8. The third-order valence-electron chi connectivity index (χ3n) is 4.54. The third kappa shape index (κ3) is 3.49. The minimum atomic E-state index is -4.49. The lowest BCUT2D eigenvalue weighted by atomic mass is 9.85. The zero-order valence-corrected chi connectivity index (χ0v) is 14.4. The molecule has 0 unspecified atom stereocenters. The number of carbonyl (C=O) groups excluding carboxylic acids is 1. The Bertz CT molecular complexity index is 808. The number of hydrogen-bond acceptors (Lipinski definition) is 2. The van der Waals surface area contributed by atoms with Gasteiger partial charge in [-0.25, -0.2) is 5.01 Å². The molecule has 25 heavy (non-hydrogen) atoms. The second kappa shape index (κ2) is 6.02. The first kappa shape index (κ1) is 17.7. The number of hydrogen-bond donors (Lipinski definition) is 1. The fourth-order valence-corrected chi connectivity index (χ4v) is 3.22. The topological polar surface area (TPSA) is 32.3 Å². The van der Waals surface area contributed by atoms with Gasteiger partial charge in [-0.2, -0.15) is 13.2 Å². The molecule has 1 aliphatic heterocycles. The number of fused-ring (bicyclic) bond motifs is 1. The van der Waals surface area contributed by atoms with Gasteiger partial charge < -0.3 is 0 Å². The van der Waals surface area contributed by atoms with Crippen molar-refractivity contribution in [3.05, 3.63) is 47.5 Å². The average Bonchev–Trinajstić information content (AvgIpc) is 2.91. The number of halogens is 3. The summed E-state index contributed by atoms with van der Waals surface area (Å²) >= 11 is 0. The Morgan fingerprint density at radius 3 is 2.40 bits per heavy atom. The van der Waals surface area contributed by atoms with Crippen molar-refractivity contribution in [2.75, 3.05) is 6.54 Å². The first-order chi connectivity index (χ1) is 11.6. The van der Waals surface area contributed by atoms with Crippen molar-refractivity contribution in [2.45, 2.75) is 44.8 Å². The van der Waals surface area contributed by atoms with E-state index in [4.69, 9.17) is 0 Å². The van der Waals surface area contributed by atoms with Crippen LogP contribution in [0.5, 0.6) is 0 Å². The smallest absolute Gasteiger partial charge is 0.288 e. The van der Waals surface area contributed by atoms with Crippen molar-refractivity contribution in [3.8, 4) is 0 Å². The Balaban J connectivity index is 2.13. The van der Waals surface area contributed by atoms with Crippen LogP contribution < -0.4 is 5.43 Å². The van der Waals surface area contributed by atoms with Crippen molar-refractivity contribution in [1.29, 1.82) is 0 Å². The van der Waals surface area contributed by atoms with Gasteiger partial charge in [0, 0.05) is 13.0 Å². The van der Waals surface area contributed by atoms with Crippen molar-refractivity contribution in [2.24, 2.45) is 0 Å². The van der Waals surface area contributed by atoms with Crippen LogP contribution in [0.25, 0.3) is 10.8 Å². The maximum absolute atomic E-state index is 13.8. The minimum Gasteiger partial charge on any atom is -0.288 e. The SMILES string of the molecule is CC(C)(C)c1ccc2c([C@H](N3CCC(=O)N3)C(F)(F)F)cccc2c1. The zero-order valence-electron chi connectivity index (χ0n) is 14.4. The van der Waals surface area contributed by atoms with E-state index in [1.807, 2.05) is 18.2 Å². The number of amides is 1. The minimum absolute atomic E-state index is 0.0411. The largest absolute Gasteiger partial charge is 0.409 e. The molecule has 1 aliphatic rings. The molecule has 0 bridgehead atoms. The van der Waals surface area contributed by atoms with Gasteiger partial charge >= 0.3 is 6.18 Å². The summed E-state index contributed by atoms with van der Waals surface area (Å²) in [6.45, 7) is 6.24. The highest BCUT2D eigenvalue weighted by Gasteiger charge is 2.47. The summed E-state index contributed by atoms with van der Waals surface area (Å²) in [6.07, 6.45) is -4.42. The molecule has 0 aliphatic carbocycles. The fraction of sp³-hybridized carbons (Fsp3) is 0.421. The van der Waals surface area contributed by atoms with Crippen LogP contribution in [0, 0.1) is 0 Å². The van der Waals surface area contributed by atoms with Crippen molar-refractivity contribution in [3.63, 3.8) is 0 Å². The Morgan fingerprint density at radius 1 is 1.12 bits per heavy atom. The van der Waals surface area contributed by atoms with Crippen molar-refractivity contribution < 1.29 is 18.0 Å². The van der Waals surface area contributed by atoms with E-state index in [0.29, 0.717) is 5.39 Å². The molecule has 0 radical (unpaired) electrons. The quantitative estimate of drug-likeness (QED) is 0.866. The monoisotopic (exact) mass is 350 g/mol. The van der Waals surface area contributed by atoms with Crippen LogP contribution in [0.3, 0.4) is 0 Å². The molecule has 2 aromatic carbocycles. The second-order valence-corrected chi connectivity index (χ2v) is 7.46. The Kier molecular flexibility index (Phi) is 4.27. The van der Waals surface area contributed by atoms with E-state index < -0.39 is 12.2 Å². The van der Waals surface area contributed by atoms with Gasteiger partial charge in [-0.1, -0.05) is 57.2 Å². The first-order valence-corrected chi connectivity index (χ1v) is 8.23. The van der Waals surface area contributed by atoms with Gasteiger partial charge in [-0.15, -0.1) is 0 Å². The zero-order chi connectivity index (χ0) is 18.4. The van der Waals surface area contributed by atoms with E-state index in [-0.39, 0.29) is 29.9 Å². The number of benzene rings is 2. The summed E-state index contributed by atoms with van der Waals surface area (Å²) < 4.78 is 41.4. The van der Waals surface area contributed by atoms with E-state index in [2.05, 4.69) is 26.2 Å². The van der Waals surface area contributed by atoms with Crippen molar-refractivity contribution in [1.82, 2.24) is 10.4 Å². The highest BCUT2D eigenvalue weighted by atomic mass is 19.4. The van der Waals surface area contributed by atoms with Crippen LogP contribution in [0.15, 0.2) is 36.4 Å². The Morgan fingerprint density at radius 2 is 1.84 bits per heavy atom. The number of alkyl halides is 3. The lowest BCUT2D eigenvalue weighted by Gasteiger charge is -2.30. The van der Waals surface area contributed by atoms with Gasteiger partial charge in [0.05, 0.1) is 0 Å². The number of nitrogens with zero attached hydrogens (tertiary/aromatic N) is 1. The van der Waals surface area contributed by atoms with Crippen LogP contribution in [0.1, 0.15) is 44.4 Å². The molecule has 134 valence electrons. The lowest BCUT2D eigenvalue weighted by molar-refractivity contribution is -0.190. The first-order valence-electron chi connectivity index (χ1n) is 8.23. The molecule has 0 saturated carbocycles. The molecule has 6 heteroatoms. The molecule has 1 saturated heterocycles. The van der Waals surface area contributed by atoms with Gasteiger partial charge in [-0.05, 0) is 27.3 Å². The maximum atomic E-state index is 13.8. The molecule has 1 heterocycles. The molecule has 1 N–H and O–H groups in total. The summed E-state index contributed by atoms with van der Waals surface area (Å²) in [5.41, 5.74) is 3.47. The number of hydrazine groups is 1.